The lowest BCUT2D eigenvalue weighted by Gasteiger charge is -2.28. The summed E-state index contributed by atoms with van der Waals surface area (Å²) in [6.07, 6.45) is 1.65. The number of hydrogen-bond acceptors (Lipinski definition) is 2. The van der Waals surface area contributed by atoms with Crippen molar-refractivity contribution in [2.24, 2.45) is 0 Å². The monoisotopic (exact) mass is 276 g/mol. The Labute approximate surface area is 118 Å². The van der Waals surface area contributed by atoms with Gasteiger partial charge in [-0.25, -0.2) is 0 Å². The van der Waals surface area contributed by atoms with E-state index in [-0.39, 0.29) is 11.3 Å². The van der Waals surface area contributed by atoms with Gasteiger partial charge in [0.1, 0.15) is 5.69 Å². The molecule has 4 heteroatoms. The fourth-order valence-corrected chi connectivity index (χ4v) is 1.81. The minimum absolute atomic E-state index is 0.175. The lowest BCUT2D eigenvalue weighted by Crippen LogP contribution is -2.49. The lowest BCUT2D eigenvalue weighted by molar-refractivity contribution is 0.0909. The number of rotatable bonds is 3. The first-order valence-electron chi connectivity index (χ1n) is 6.22. The maximum Gasteiger partial charge on any atom is 0.270 e. The van der Waals surface area contributed by atoms with Gasteiger partial charge in [-0.05, 0) is 32.2 Å². The van der Waals surface area contributed by atoms with Crippen LogP contribution in [-0.2, 0) is 0 Å². The number of alkyl halides is 1. The second-order valence-corrected chi connectivity index (χ2v) is 5.83. The van der Waals surface area contributed by atoms with E-state index in [1.165, 1.54) is 0 Å². The van der Waals surface area contributed by atoms with Crippen LogP contribution < -0.4 is 5.32 Å². The SMILES string of the molecule is CC(Cl)C(C)(C)NC(=O)c1nccc2ccccc12. The van der Waals surface area contributed by atoms with Crippen LogP contribution in [0.3, 0.4) is 0 Å². The smallest absolute Gasteiger partial charge is 0.270 e. The van der Waals surface area contributed by atoms with Crippen LogP contribution in [0.4, 0.5) is 0 Å². The molecule has 3 nitrogen and oxygen atoms in total. The Kier molecular flexibility index (Phi) is 3.76. The minimum atomic E-state index is -0.489. The van der Waals surface area contributed by atoms with E-state index >= 15 is 0 Å². The highest BCUT2D eigenvalue weighted by Crippen LogP contribution is 2.19. The number of pyridine rings is 1. The van der Waals surface area contributed by atoms with Crippen LogP contribution in [0.25, 0.3) is 10.8 Å². The number of amides is 1. The number of benzene rings is 1. The van der Waals surface area contributed by atoms with Gasteiger partial charge in [0.2, 0.25) is 0 Å². The molecule has 1 aromatic carbocycles. The zero-order valence-electron chi connectivity index (χ0n) is 11.3. The first-order valence-corrected chi connectivity index (χ1v) is 6.66. The Morgan fingerprint density at radius 2 is 2.00 bits per heavy atom. The molecule has 0 aliphatic carbocycles. The molecule has 0 aliphatic heterocycles. The van der Waals surface area contributed by atoms with Crippen LogP contribution in [0.15, 0.2) is 36.5 Å². The van der Waals surface area contributed by atoms with Gasteiger partial charge in [-0.3, -0.25) is 9.78 Å². The third-order valence-corrected chi connectivity index (χ3v) is 3.86. The van der Waals surface area contributed by atoms with Crippen molar-refractivity contribution < 1.29 is 4.79 Å². The van der Waals surface area contributed by atoms with E-state index in [4.69, 9.17) is 11.6 Å². The number of carbonyl (C=O) groups is 1. The number of aromatic nitrogens is 1. The Bertz CT molecular complexity index is 603. The van der Waals surface area contributed by atoms with Gasteiger partial charge in [-0.15, -0.1) is 11.6 Å². The molecule has 1 heterocycles. The molecule has 0 saturated heterocycles. The normalized spacial score (nSPS) is 13.3. The standard InChI is InChI=1S/C15H17ClN2O/c1-10(16)15(2,3)18-14(19)13-12-7-5-4-6-11(12)8-9-17-13/h4-10H,1-3H3,(H,18,19). The maximum atomic E-state index is 12.3. The summed E-state index contributed by atoms with van der Waals surface area (Å²) in [5.74, 6) is -0.200. The number of hydrogen-bond donors (Lipinski definition) is 1. The van der Waals surface area contributed by atoms with Gasteiger partial charge in [0.15, 0.2) is 0 Å². The number of fused-ring (bicyclic) bond motifs is 1. The lowest BCUT2D eigenvalue weighted by atomic mass is 10.0. The highest BCUT2D eigenvalue weighted by atomic mass is 35.5. The quantitative estimate of drug-likeness (QED) is 0.874. The summed E-state index contributed by atoms with van der Waals surface area (Å²) in [4.78, 5) is 16.5. The van der Waals surface area contributed by atoms with E-state index in [1.807, 2.05) is 51.1 Å². The fraction of sp³-hybridized carbons (Fsp3) is 0.333. The number of halogens is 1. The van der Waals surface area contributed by atoms with E-state index in [0.717, 1.165) is 10.8 Å². The molecule has 0 spiro atoms. The second-order valence-electron chi connectivity index (χ2n) is 5.17. The summed E-state index contributed by atoms with van der Waals surface area (Å²) in [5, 5.41) is 4.60. The molecule has 1 atom stereocenters. The Hall–Kier alpha value is -1.61. The van der Waals surface area contributed by atoms with Gasteiger partial charge in [0.05, 0.1) is 10.9 Å². The van der Waals surface area contributed by atoms with Crippen molar-refractivity contribution in [2.45, 2.75) is 31.7 Å². The summed E-state index contributed by atoms with van der Waals surface area (Å²) in [7, 11) is 0. The van der Waals surface area contributed by atoms with Gasteiger partial charge in [-0.2, -0.15) is 0 Å². The van der Waals surface area contributed by atoms with E-state index in [9.17, 15) is 4.79 Å². The van der Waals surface area contributed by atoms with Crippen molar-refractivity contribution in [3.05, 3.63) is 42.2 Å². The largest absolute Gasteiger partial charge is 0.344 e. The molecule has 1 N–H and O–H groups in total. The zero-order chi connectivity index (χ0) is 14.0. The van der Waals surface area contributed by atoms with Gasteiger partial charge in [0.25, 0.3) is 5.91 Å². The van der Waals surface area contributed by atoms with Crippen molar-refractivity contribution in [1.29, 1.82) is 0 Å². The van der Waals surface area contributed by atoms with Crippen LogP contribution in [0.5, 0.6) is 0 Å². The maximum absolute atomic E-state index is 12.3. The van der Waals surface area contributed by atoms with Crippen molar-refractivity contribution in [3.8, 4) is 0 Å². The Balaban J connectivity index is 2.37. The highest BCUT2D eigenvalue weighted by molar-refractivity contribution is 6.21. The van der Waals surface area contributed by atoms with Crippen LogP contribution in [0.2, 0.25) is 0 Å². The molecule has 0 fully saturated rings. The van der Waals surface area contributed by atoms with Crippen molar-refractivity contribution in [1.82, 2.24) is 10.3 Å². The average molecular weight is 277 g/mol. The molecule has 2 rings (SSSR count). The van der Waals surface area contributed by atoms with Crippen molar-refractivity contribution in [3.63, 3.8) is 0 Å². The zero-order valence-corrected chi connectivity index (χ0v) is 12.0. The summed E-state index contributed by atoms with van der Waals surface area (Å²) >= 11 is 6.08. The molecule has 1 amide bonds. The molecular weight excluding hydrogens is 260 g/mol. The topological polar surface area (TPSA) is 42.0 Å². The third kappa shape index (κ3) is 2.87. The molecule has 0 bridgehead atoms. The van der Waals surface area contributed by atoms with E-state index < -0.39 is 5.54 Å². The average Bonchev–Trinajstić information content (AvgIpc) is 2.37. The number of carbonyl (C=O) groups excluding carboxylic acids is 1. The second kappa shape index (κ2) is 5.17. The van der Waals surface area contributed by atoms with Crippen molar-refractivity contribution in [2.75, 3.05) is 0 Å². The van der Waals surface area contributed by atoms with Crippen LogP contribution in [0, 0.1) is 0 Å². The first kappa shape index (κ1) is 13.8. The summed E-state index contributed by atoms with van der Waals surface area (Å²) < 4.78 is 0. The van der Waals surface area contributed by atoms with E-state index in [0.29, 0.717) is 5.69 Å². The predicted octanol–water partition coefficient (Wildman–Crippen LogP) is 3.37. The Morgan fingerprint density at radius 1 is 1.32 bits per heavy atom. The number of nitrogens with one attached hydrogen (secondary N) is 1. The highest BCUT2D eigenvalue weighted by Gasteiger charge is 2.27. The predicted molar refractivity (Wildman–Crippen MR) is 78.6 cm³/mol. The summed E-state index contributed by atoms with van der Waals surface area (Å²) in [5.41, 5.74) is -0.0550. The molecule has 19 heavy (non-hydrogen) atoms. The third-order valence-electron chi connectivity index (χ3n) is 3.32. The van der Waals surface area contributed by atoms with Crippen LogP contribution in [0.1, 0.15) is 31.3 Å². The van der Waals surface area contributed by atoms with Crippen molar-refractivity contribution >= 4 is 28.3 Å². The molecule has 1 aromatic heterocycles. The molecule has 0 aliphatic rings. The fourth-order valence-electron chi connectivity index (χ4n) is 1.75. The summed E-state index contributed by atoms with van der Waals surface area (Å²) in [6, 6.07) is 9.59. The molecular formula is C15H17ClN2O. The molecule has 100 valence electrons. The number of nitrogens with zero attached hydrogens (tertiary/aromatic N) is 1. The molecule has 0 saturated carbocycles. The van der Waals surface area contributed by atoms with Gasteiger partial charge in [0, 0.05) is 11.6 Å². The Morgan fingerprint density at radius 3 is 2.68 bits per heavy atom. The van der Waals surface area contributed by atoms with Crippen LogP contribution >= 0.6 is 11.6 Å². The molecule has 1 unspecified atom stereocenters. The van der Waals surface area contributed by atoms with E-state index in [1.54, 1.807) is 6.20 Å². The molecule has 2 aromatic rings. The van der Waals surface area contributed by atoms with E-state index in [2.05, 4.69) is 10.3 Å². The van der Waals surface area contributed by atoms with Crippen LogP contribution in [-0.4, -0.2) is 21.8 Å². The van der Waals surface area contributed by atoms with Gasteiger partial charge in [-0.1, -0.05) is 24.3 Å². The molecule has 0 radical (unpaired) electrons. The first-order chi connectivity index (χ1) is 8.92. The van der Waals surface area contributed by atoms with Gasteiger partial charge < -0.3 is 5.32 Å². The minimum Gasteiger partial charge on any atom is -0.344 e. The summed E-state index contributed by atoms with van der Waals surface area (Å²) in [6.45, 7) is 5.65. The van der Waals surface area contributed by atoms with Gasteiger partial charge >= 0.3 is 0 Å².